The Kier molecular flexibility index (Phi) is 9.67. The molecule has 3 rings (SSSR count). The number of aromatic nitrogens is 1. The van der Waals surface area contributed by atoms with E-state index in [-0.39, 0.29) is 23.9 Å². The van der Waals surface area contributed by atoms with Gasteiger partial charge in [-0.3, -0.25) is 9.78 Å². The van der Waals surface area contributed by atoms with Crippen molar-refractivity contribution in [3.8, 4) is 0 Å². The predicted octanol–water partition coefficient (Wildman–Crippen LogP) is 4.27. The minimum absolute atomic E-state index is 0.00538. The lowest BCUT2D eigenvalue weighted by molar-refractivity contribution is -0.126. The molecule has 1 saturated heterocycles. The number of urea groups is 1. The number of amides is 4. The molecule has 2 heterocycles. The van der Waals surface area contributed by atoms with Crippen LogP contribution in [0.15, 0.2) is 54.9 Å². The summed E-state index contributed by atoms with van der Waals surface area (Å²) in [5, 5.41) is 5.88. The third-order valence-electron chi connectivity index (χ3n) is 5.83. The Bertz CT molecular complexity index is 986. The summed E-state index contributed by atoms with van der Waals surface area (Å²) in [5.41, 5.74) is 1.08. The van der Waals surface area contributed by atoms with Crippen LogP contribution in [-0.4, -0.2) is 64.6 Å². The zero-order valence-electron chi connectivity index (χ0n) is 21.4. The summed E-state index contributed by atoms with van der Waals surface area (Å²) in [4.78, 5) is 45.3. The zero-order valence-corrected chi connectivity index (χ0v) is 21.4. The molecule has 4 amide bonds. The van der Waals surface area contributed by atoms with E-state index < -0.39 is 5.60 Å². The molecule has 36 heavy (non-hydrogen) atoms. The van der Waals surface area contributed by atoms with Gasteiger partial charge in [0.25, 0.3) is 0 Å². The average Bonchev–Trinajstić information content (AvgIpc) is 2.86. The van der Waals surface area contributed by atoms with Crippen LogP contribution in [0, 0.1) is 5.92 Å². The lowest BCUT2D eigenvalue weighted by Crippen LogP contribution is -2.45. The van der Waals surface area contributed by atoms with Crippen molar-refractivity contribution in [2.75, 3.05) is 31.5 Å². The third-order valence-corrected chi connectivity index (χ3v) is 5.83. The number of likely N-dealkylation sites (tertiary alicyclic amines) is 1. The molecule has 2 aromatic rings. The van der Waals surface area contributed by atoms with Gasteiger partial charge < -0.3 is 25.2 Å². The van der Waals surface area contributed by atoms with E-state index >= 15 is 0 Å². The van der Waals surface area contributed by atoms with Crippen molar-refractivity contribution in [2.45, 2.75) is 52.2 Å². The first kappa shape index (κ1) is 27.0. The monoisotopic (exact) mass is 495 g/mol. The maximum atomic E-state index is 12.7. The molecule has 0 atom stereocenters. The SMILES string of the molecule is CC(C)(C)OC(=O)N(CCCNC(=O)C1CCN(C(=O)Nc2ccccc2)CC1)Cc1cccnc1. The Balaban J connectivity index is 1.41. The fourth-order valence-electron chi connectivity index (χ4n) is 3.97. The second-order valence-corrected chi connectivity index (χ2v) is 9.97. The normalized spacial score (nSPS) is 14.1. The second kappa shape index (κ2) is 12.9. The standard InChI is InChI=1S/C27H37N5O4/c1-27(2,3)36-26(35)32(20-21-9-7-14-28-19-21)16-8-15-29-24(33)22-12-17-31(18-13-22)25(34)30-23-10-5-4-6-11-23/h4-7,9-11,14,19,22H,8,12-13,15-18,20H2,1-3H3,(H,29,33)(H,30,34). The molecule has 1 fully saturated rings. The first-order chi connectivity index (χ1) is 17.2. The molecular formula is C27H37N5O4. The van der Waals surface area contributed by atoms with Gasteiger partial charge in [0.15, 0.2) is 0 Å². The van der Waals surface area contributed by atoms with Gasteiger partial charge in [0.1, 0.15) is 5.60 Å². The van der Waals surface area contributed by atoms with Crippen LogP contribution in [0.25, 0.3) is 0 Å². The van der Waals surface area contributed by atoms with Crippen molar-refractivity contribution < 1.29 is 19.1 Å². The van der Waals surface area contributed by atoms with Crippen LogP contribution in [0.3, 0.4) is 0 Å². The van der Waals surface area contributed by atoms with Crippen LogP contribution < -0.4 is 10.6 Å². The van der Waals surface area contributed by atoms with Gasteiger partial charge in [-0.15, -0.1) is 0 Å². The molecule has 2 N–H and O–H groups in total. The number of pyridine rings is 1. The smallest absolute Gasteiger partial charge is 0.410 e. The maximum Gasteiger partial charge on any atom is 0.410 e. The van der Waals surface area contributed by atoms with E-state index in [1.165, 1.54) is 0 Å². The van der Waals surface area contributed by atoms with E-state index in [4.69, 9.17) is 4.74 Å². The van der Waals surface area contributed by atoms with Crippen molar-refractivity contribution in [3.63, 3.8) is 0 Å². The molecule has 0 aliphatic carbocycles. The summed E-state index contributed by atoms with van der Waals surface area (Å²) in [6.07, 6.45) is 4.88. The molecule has 1 aliphatic heterocycles. The molecule has 0 radical (unpaired) electrons. The number of para-hydroxylation sites is 1. The Morgan fingerprint density at radius 2 is 1.81 bits per heavy atom. The molecule has 1 aliphatic rings. The lowest BCUT2D eigenvalue weighted by Gasteiger charge is -2.31. The van der Waals surface area contributed by atoms with Crippen LogP contribution in [0.1, 0.15) is 45.6 Å². The molecule has 1 aromatic carbocycles. The molecular weight excluding hydrogens is 458 g/mol. The van der Waals surface area contributed by atoms with E-state index in [0.29, 0.717) is 52.0 Å². The van der Waals surface area contributed by atoms with Crippen LogP contribution in [-0.2, 0) is 16.1 Å². The van der Waals surface area contributed by atoms with E-state index in [2.05, 4.69) is 15.6 Å². The number of carbonyl (C=O) groups excluding carboxylic acids is 3. The van der Waals surface area contributed by atoms with Gasteiger partial charge in [-0.05, 0) is 63.8 Å². The molecule has 0 bridgehead atoms. The number of hydrogen-bond donors (Lipinski definition) is 2. The Labute approximate surface area is 213 Å². The summed E-state index contributed by atoms with van der Waals surface area (Å²) in [6.45, 7) is 7.88. The molecule has 9 nitrogen and oxygen atoms in total. The van der Waals surface area contributed by atoms with Crippen LogP contribution in [0.2, 0.25) is 0 Å². The predicted molar refractivity (Wildman–Crippen MR) is 138 cm³/mol. The number of carbonyl (C=O) groups is 3. The number of rotatable bonds is 8. The largest absolute Gasteiger partial charge is 0.444 e. The van der Waals surface area contributed by atoms with Gasteiger partial charge in [0.05, 0.1) is 6.54 Å². The minimum Gasteiger partial charge on any atom is -0.444 e. The lowest BCUT2D eigenvalue weighted by atomic mass is 9.96. The number of hydrogen-bond acceptors (Lipinski definition) is 5. The average molecular weight is 496 g/mol. The highest BCUT2D eigenvalue weighted by molar-refractivity contribution is 5.89. The number of nitrogens with zero attached hydrogens (tertiary/aromatic N) is 3. The number of benzene rings is 1. The van der Waals surface area contributed by atoms with E-state index in [1.807, 2.05) is 63.2 Å². The number of anilines is 1. The Hall–Kier alpha value is -3.62. The summed E-state index contributed by atoms with van der Waals surface area (Å²) < 4.78 is 5.55. The van der Waals surface area contributed by atoms with Crippen molar-refractivity contribution >= 4 is 23.7 Å². The fourth-order valence-corrected chi connectivity index (χ4v) is 3.97. The van der Waals surface area contributed by atoms with E-state index in [1.54, 1.807) is 22.2 Å². The maximum absolute atomic E-state index is 12.7. The minimum atomic E-state index is -0.592. The molecule has 0 spiro atoms. The number of nitrogens with one attached hydrogen (secondary N) is 2. The summed E-state index contributed by atoms with van der Waals surface area (Å²) in [7, 11) is 0. The van der Waals surface area contributed by atoms with Gasteiger partial charge in [-0.2, -0.15) is 0 Å². The van der Waals surface area contributed by atoms with Crippen molar-refractivity contribution in [3.05, 3.63) is 60.4 Å². The highest BCUT2D eigenvalue weighted by atomic mass is 16.6. The van der Waals surface area contributed by atoms with Crippen molar-refractivity contribution in [2.24, 2.45) is 5.92 Å². The molecule has 0 saturated carbocycles. The third kappa shape index (κ3) is 8.87. The van der Waals surface area contributed by atoms with Gasteiger partial charge in [-0.1, -0.05) is 24.3 Å². The highest BCUT2D eigenvalue weighted by Gasteiger charge is 2.27. The summed E-state index contributed by atoms with van der Waals surface area (Å²) in [5.74, 6) is -0.127. The fraction of sp³-hybridized carbons (Fsp3) is 0.481. The van der Waals surface area contributed by atoms with Crippen LogP contribution >= 0.6 is 0 Å². The molecule has 194 valence electrons. The van der Waals surface area contributed by atoms with E-state index in [0.717, 1.165) is 11.3 Å². The second-order valence-electron chi connectivity index (χ2n) is 9.97. The highest BCUT2D eigenvalue weighted by Crippen LogP contribution is 2.19. The van der Waals surface area contributed by atoms with Crippen molar-refractivity contribution in [1.82, 2.24) is 20.1 Å². The number of ether oxygens (including phenoxy) is 1. The van der Waals surface area contributed by atoms with Gasteiger partial charge >= 0.3 is 12.1 Å². The first-order valence-electron chi connectivity index (χ1n) is 12.5. The topological polar surface area (TPSA) is 104 Å². The Morgan fingerprint density at radius 1 is 1.08 bits per heavy atom. The molecule has 1 aromatic heterocycles. The van der Waals surface area contributed by atoms with E-state index in [9.17, 15) is 14.4 Å². The summed E-state index contributed by atoms with van der Waals surface area (Å²) >= 11 is 0. The summed E-state index contributed by atoms with van der Waals surface area (Å²) in [6, 6.07) is 12.9. The Morgan fingerprint density at radius 3 is 2.44 bits per heavy atom. The van der Waals surface area contributed by atoms with Gasteiger partial charge in [0, 0.05) is 50.2 Å². The van der Waals surface area contributed by atoms with Crippen molar-refractivity contribution in [1.29, 1.82) is 0 Å². The zero-order chi connectivity index (χ0) is 26.0. The first-order valence-corrected chi connectivity index (χ1v) is 12.5. The molecule has 9 heteroatoms. The number of piperidine rings is 1. The molecule has 0 unspecified atom stereocenters. The van der Waals surface area contributed by atoms with Crippen LogP contribution in [0.4, 0.5) is 15.3 Å². The van der Waals surface area contributed by atoms with Gasteiger partial charge in [-0.25, -0.2) is 9.59 Å². The van der Waals surface area contributed by atoms with Gasteiger partial charge in [0.2, 0.25) is 5.91 Å². The quantitative estimate of drug-likeness (QED) is 0.533. The van der Waals surface area contributed by atoms with Crippen LogP contribution in [0.5, 0.6) is 0 Å².